The first kappa shape index (κ1) is 34.2. The Morgan fingerprint density at radius 2 is 0.943 bits per heavy atom. The third-order valence-electron chi connectivity index (χ3n) is 8.48. The van der Waals surface area contributed by atoms with Crippen LogP contribution in [-0.4, -0.2) is 24.7 Å². The highest BCUT2D eigenvalue weighted by molar-refractivity contribution is 5.01. The van der Waals surface area contributed by atoms with Crippen LogP contribution < -0.4 is 0 Å². The lowest BCUT2D eigenvalue weighted by atomic mass is 9.61. The van der Waals surface area contributed by atoms with Crippen molar-refractivity contribution >= 4 is 0 Å². The van der Waals surface area contributed by atoms with Crippen molar-refractivity contribution in [2.24, 2.45) is 28.1 Å². The Morgan fingerprint density at radius 3 is 1.17 bits per heavy atom. The van der Waals surface area contributed by atoms with Crippen molar-refractivity contribution in [3.05, 3.63) is 0 Å². The normalized spacial score (nSPS) is 18.7. The average Bonchev–Trinajstić information content (AvgIpc) is 2.69. The van der Waals surface area contributed by atoms with Gasteiger partial charge in [0.05, 0.1) is 0 Å². The van der Waals surface area contributed by atoms with Crippen LogP contribution in [0.1, 0.15) is 92.9 Å². The lowest BCUT2D eigenvalue weighted by Crippen LogP contribution is -2.57. The number of halogens is 12. The van der Waals surface area contributed by atoms with Crippen LogP contribution in [0.3, 0.4) is 0 Å². The molecule has 0 saturated heterocycles. The van der Waals surface area contributed by atoms with Crippen LogP contribution in [0.15, 0.2) is 0 Å². The first-order valence-electron chi connectivity index (χ1n) is 11.6. The van der Waals surface area contributed by atoms with Gasteiger partial charge in [0.25, 0.3) is 0 Å². The summed E-state index contributed by atoms with van der Waals surface area (Å²) in [6.07, 6.45) is -17.2. The van der Waals surface area contributed by atoms with Gasteiger partial charge in [-0.2, -0.15) is 52.7 Å². The maximum Gasteiger partial charge on any atom is 0.403 e. The smallest absolute Gasteiger partial charge is 0.170 e. The summed E-state index contributed by atoms with van der Waals surface area (Å²) in [6.45, 7) is 5.35. The summed E-state index contributed by atoms with van der Waals surface area (Å²) in [5, 5.41) is 0. The molecule has 0 aromatic heterocycles. The maximum absolute atomic E-state index is 12.9. The molecule has 35 heavy (non-hydrogen) atoms. The van der Waals surface area contributed by atoms with Crippen molar-refractivity contribution in [1.29, 1.82) is 0 Å². The molecule has 0 aromatic rings. The van der Waals surface area contributed by atoms with Gasteiger partial charge >= 0.3 is 24.7 Å². The first-order valence-corrected chi connectivity index (χ1v) is 11.6. The van der Waals surface area contributed by atoms with Gasteiger partial charge < -0.3 is 0 Å². The minimum absolute atomic E-state index is 0.00444. The van der Waals surface area contributed by atoms with Crippen LogP contribution in [0.4, 0.5) is 52.7 Å². The van der Waals surface area contributed by atoms with Crippen LogP contribution in [-0.2, 0) is 0 Å². The summed E-state index contributed by atoms with van der Waals surface area (Å²) in [7, 11) is 0. The molecular weight excluding hydrogens is 504 g/mol. The summed E-state index contributed by atoms with van der Waals surface area (Å²) in [5.41, 5.74) is -9.13. The molecule has 0 radical (unpaired) electrons. The molecule has 0 heterocycles. The summed E-state index contributed by atoms with van der Waals surface area (Å²) in [4.78, 5) is 0. The Morgan fingerprint density at radius 1 is 0.600 bits per heavy atom. The van der Waals surface area contributed by atoms with E-state index < -0.39 is 46.9 Å². The summed E-state index contributed by atoms with van der Waals surface area (Å²) in [6, 6.07) is 0. The second-order valence-corrected chi connectivity index (χ2v) is 10.2. The Balaban J connectivity index is 0.000000672. The molecule has 12 heteroatoms. The molecule has 0 unspecified atom stereocenters. The fourth-order valence-corrected chi connectivity index (χ4v) is 4.68. The summed E-state index contributed by atoms with van der Waals surface area (Å²) in [5.74, 6) is -1.46. The molecule has 0 N–H and O–H groups in total. The Labute approximate surface area is 199 Å². The summed E-state index contributed by atoms with van der Waals surface area (Å²) < 4.78 is 154. The molecular formula is C23H36F12. The van der Waals surface area contributed by atoms with Gasteiger partial charge in [0.2, 0.25) is 0 Å². The highest BCUT2D eigenvalue weighted by Gasteiger charge is 2.74. The molecule has 212 valence electrons. The van der Waals surface area contributed by atoms with E-state index in [0.717, 1.165) is 46.0 Å². The van der Waals surface area contributed by atoms with Crippen molar-refractivity contribution in [2.45, 2.75) is 118 Å². The van der Waals surface area contributed by atoms with Gasteiger partial charge in [0.1, 0.15) is 0 Å². The van der Waals surface area contributed by atoms with Crippen LogP contribution in [0, 0.1) is 28.1 Å². The molecule has 1 aliphatic carbocycles. The van der Waals surface area contributed by atoms with Gasteiger partial charge in [-0.1, -0.05) is 59.8 Å². The second-order valence-electron chi connectivity index (χ2n) is 10.2. The molecule has 0 amide bonds. The topological polar surface area (TPSA) is 0 Å². The Kier molecular flexibility index (Phi) is 11.0. The second kappa shape index (κ2) is 11.3. The van der Waals surface area contributed by atoms with E-state index in [9.17, 15) is 52.7 Å². The molecule has 1 fully saturated rings. The van der Waals surface area contributed by atoms with Gasteiger partial charge in [-0.05, 0) is 50.4 Å². The minimum atomic E-state index is -5.30. The lowest BCUT2D eigenvalue weighted by Gasteiger charge is -2.47. The van der Waals surface area contributed by atoms with Gasteiger partial charge in [-0.3, -0.25) is 0 Å². The van der Waals surface area contributed by atoms with E-state index in [1.807, 2.05) is 0 Å². The summed E-state index contributed by atoms with van der Waals surface area (Å²) >= 11 is 0. The van der Waals surface area contributed by atoms with E-state index in [2.05, 4.69) is 0 Å². The predicted molar refractivity (Wildman–Crippen MR) is 109 cm³/mol. The number of hydrogen-bond acceptors (Lipinski definition) is 0. The molecule has 0 aromatic carbocycles. The van der Waals surface area contributed by atoms with Crippen molar-refractivity contribution in [3.63, 3.8) is 0 Å². The van der Waals surface area contributed by atoms with Crippen LogP contribution in [0.2, 0.25) is 0 Å². The number of alkyl halides is 12. The monoisotopic (exact) mass is 540 g/mol. The van der Waals surface area contributed by atoms with E-state index in [4.69, 9.17) is 0 Å². The predicted octanol–water partition coefficient (Wildman–Crippen LogP) is 10.7. The number of rotatable bonds is 6. The standard InChI is InChI=1S/C13H20F6.C10H16F6/c1-9(8-10-6-4-3-5-7-10)11(2,12(14,15)16)13(17,18)19;1-5-7(3,6-2)8(4,9(11,12)13)10(14,15)16/h9-10H,3-8H2,1-2H3;5-6H2,1-4H3/t9-;/m0./s1. The van der Waals surface area contributed by atoms with Gasteiger partial charge in [-0.15, -0.1) is 0 Å². The maximum atomic E-state index is 12.9. The van der Waals surface area contributed by atoms with E-state index in [1.165, 1.54) is 13.8 Å². The largest absolute Gasteiger partial charge is 0.403 e. The molecule has 1 rings (SSSR count). The Bertz CT molecular complexity index is 601. The SMILES string of the molecule is CCC(C)(CC)C(C)(C(F)(F)F)C(F)(F)F.C[C@@H](CC1CCCCC1)C(C)(C(F)(F)F)C(F)(F)F. The average molecular weight is 541 g/mol. The molecule has 1 aliphatic rings. The van der Waals surface area contributed by atoms with Gasteiger partial charge in [-0.25, -0.2) is 0 Å². The molecule has 0 bridgehead atoms. The number of hydrogen-bond donors (Lipinski definition) is 0. The van der Waals surface area contributed by atoms with Crippen LogP contribution in [0.25, 0.3) is 0 Å². The van der Waals surface area contributed by atoms with Crippen molar-refractivity contribution in [3.8, 4) is 0 Å². The zero-order chi connectivity index (χ0) is 28.3. The molecule has 0 aliphatic heterocycles. The highest BCUT2D eigenvalue weighted by Crippen LogP contribution is 2.62. The third kappa shape index (κ3) is 6.93. The minimum Gasteiger partial charge on any atom is -0.170 e. The van der Waals surface area contributed by atoms with Crippen LogP contribution in [0.5, 0.6) is 0 Å². The fourth-order valence-electron chi connectivity index (χ4n) is 4.68. The first-order chi connectivity index (χ1) is 15.4. The molecule has 1 atom stereocenters. The zero-order valence-electron chi connectivity index (χ0n) is 20.8. The van der Waals surface area contributed by atoms with Gasteiger partial charge in [0.15, 0.2) is 10.8 Å². The molecule has 0 spiro atoms. The fraction of sp³-hybridized carbons (Fsp3) is 1.00. The van der Waals surface area contributed by atoms with Crippen molar-refractivity contribution < 1.29 is 52.7 Å². The van der Waals surface area contributed by atoms with Crippen LogP contribution >= 0.6 is 0 Å². The molecule has 1 saturated carbocycles. The van der Waals surface area contributed by atoms with Crippen molar-refractivity contribution in [2.75, 3.05) is 0 Å². The van der Waals surface area contributed by atoms with E-state index in [-0.39, 0.29) is 32.1 Å². The van der Waals surface area contributed by atoms with Gasteiger partial charge in [0, 0.05) is 0 Å². The van der Waals surface area contributed by atoms with E-state index >= 15 is 0 Å². The third-order valence-corrected chi connectivity index (χ3v) is 8.48. The van der Waals surface area contributed by atoms with Crippen molar-refractivity contribution in [1.82, 2.24) is 0 Å². The molecule has 0 nitrogen and oxygen atoms in total. The lowest BCUT2D eigenvalue weighted by molar-refractivity contribution is -0.370. The van der Waals surface area contributed by atoms with E-state index in [0.29, 0.717) is 6.92 Å². The quantitative estimate of drug-likeness (QED) is 0.294. The highest BCUT2D eigenvalue weighted by atomic mass is 19.4. The zero-order valence-corrected chi connectivity index (χ0v) is 20.8. The Hall–Kier alpha value is -0.840. The van der Waals surface area contributed by atoms with E-state index in [1.54, 1.807) is 0 Å².